The molecule has 34 heavy (non-hydrogen) atoms. The fourth-order valence-electron chi connectivity index (χ4n) is 4.00. The number of amides is 1. The van der Waals surface area contributed by atoms with Gasteiger partial charge in [-0.3, -0.25) is 4.79 Å². The van der Waals surface area contributed by atoms with Crippen LogP contribution in [-0.4, -0.2) is 5.91 Å². The minimum absolute atomic E-state index is 0.00203. The lowest BCUT2D eigenvalue weighted by molar-refractivity contribution is -0.121. The number of rotatable bonds is 6. The third kappa shape index (κ3) is 5.94. The lowest BCUT2D eigenvalue weighted by atomic mass is 9.82. The Labute approximate surface area is 199 Å². The smallest absolute Gasteiger partial charge is 0.227 e. The molecule has 0 saturated heterocycles. The molecule has 1 aliphatic rings. The zero-order valence-electron chi connectivity index (χ0n) is 19.0. The first-order valence-electron chi connectivity index (χ1n) is 11.3. The first-order valence-corrected chi connectivity index (χ1v) is 11.3. The van der Waals surface area contributed by atoms with E-state index in [1.165, 1.54) is 0 Å². The summed E-state index contributed by atoms with van der Waals surface area (Å²) < 4.78 is 12.0. The fourth-order valence-corrected chi connectivity index (χ4v) is 4.00. The van der Waals surface area contributed by atoms with Crippen LogP contribution < -0.4 is 14.8 Å². The molecular weight excluding hydrogens is 426 g/mol. The summed E-state index contributed by atoms with van der Waals surface area (Å²) in [5.41, 5.74) is 1.67. The lowest BCUT2D eigenvalue weighted by Crippen LogP contribution is -2.26. The van der Waals surface area contributed by atoms with E-state index < -0.39 is 0 Å². The number of hydrogen-bond donors (Lipinski definition) is 1. The number of carbonyl (C=O) groups is 1. The summed E-state index contributed by atoms with van der Waals surface area (Å²) in [6, 6.07) is 23.0. The number of nitrogens with zero attached hydrogens (tertiary/aromatic N) is 2. The second kappa shape index (κ2) is 10.6. The Morgan fingerprint density at radius 1 is 0.765 bits per heavy atom. The van der Waals surface area contributed by atoms with Crippen molar-refractivity contribution in [3.05, 3.63) is 77.9 Å². The topological polar surface area (TPSA) is 95.1 Å². The fraction of sp³-hybridized carbons (Fsp3) is 0.250. The Morgan fingerprint density at radius 2 is 1.24 bits per heavy atom. The summed E-state index contributed by atoms with van der Waals surface area (Å²) >= 11 is 0. The number of nitrogens with one attached hydrogen (secondary N) is 1. The third-order valence-electron chi connectivity index (χ3n) is 5.97. The molecule has 1 saturated carbocycles. The number of anilines is 1. The van der Waals surface area contributed by atoms with E-state index >= 15 is 0 Å². The van der Waals surface area contributed by atoms with Gasteiger partial charge in [-0.25, -0.2) is 0 Å². The third-order valence-corrected chi connectivity index (χ3v) is 5.97. The van der Waals surface area contributed by atoms with Crippen molar-refractivity contribution in [3.63, 3.8) is 0 Å². The van der Waals surface area contributed by atoms with Crippen LogP contribution in [0.15, 0.2) is 66.7 Å². The van der Waals surface area contributed by atoms with Gasteiger partial charge in [0.05, 0.1) is 23.3 Å². The maximum atomic E-state index is 12.9. The molecule has 0 unspecified atom stereocenters. The molecule has 1 aliphatic carbocycles. The van der Waals surface area contributed by atoms with E-state index in [-0.39, 0.29) is 11.8 Å². The number of benzene rings is 3. The van der Waals surface area contributed by atoms with Crippen molar-refractivity contribution >= 4 is 11.6 Å². The predicted octanol–water partition coefficient (Wildman–Crippen LogP) is 6.78. The lowest BCUT2D eigenvalue weighted by Gasteiger charge is -2.25. The van der Waals surface area contributed by atoms with E-state index in [2.05, 4.69) is 24.4 Å². The van der Waals surface area contributed by atoms with E-state index in [0.717, 1.165) is 25.7 Å². The minimum Gasteiger partial charge on any atom is -0.457 e. The zero-order chi connectivity index (χ0) is 23.9. The van der Waals surface area contributed by atoms with Crippen LogP contribution in [0.5, 0.6) is 23.0 Å². The second-order valence-corrected chi connectivity index (χ2v) is 8.62. The summed E-state index contributed by atoms with van der Waals surface area (Å²) in [4.78, 5) is 12.9. The highest BCUT2D eigenvalue weighted by Gasteiger charge is 2.24. The average Bonchev–Trinajstić information content (AvgIpc) is 2.85. The molecule has 4 rings (SSSR count). The van der Waals surface area contributed by atoms with Gasteiger partial charge < -0.3 is 14.8 Å². The van der Waals surface area contributed by atoms with Crippen molar-refractivity contribution in [2.24, 2.45) is 11.8 Å². The molecule has 0 radical (unpaired) electrons. The largest absolute Gasteiger partial charge is 0.457 e. The van der Waals surface area contributed by atoms with Crippen molar-refractivity contribution in [2.75, 3.05) is 5.32 Å². The number of carbonyl (C=O) groups excluding carboxylic acids is 1. The van der Waals surface area contributed by atoms with Crippen molar-refractivity contribution in [3.8, 4) is 35.1 Å². The van der Waals surface area contributed by atoms with Crippen LogP contribution in [0.2, 0.25) is 0 Å². The van der Waals surface area contributed by atoms with Crippen molar-refractivity contribution < 1.29 is 14.3 Å². The Hall–Kier alpha value is -4.29. The Morgan fingerprint density at radius 3 is 1.68 bits per heavy atom. The van der Waals surface area contributed by atoms with Gasteiger partial charge in [-0.05, 0) is 80.1 Å². The van der Waals surface area contributed by atoms with Crippen molar-refractivity contribution in [1.29, 1.82) is 10.5 Å². The zero-order valence-corrected chi connectivity index (χ0v) is 19.0. The van der Waals surface area contributed by atoms with Crippen LogP contribution in [0.4, 0.5) is 5.69 Å². The average molecular weight is 452 g/mol. The molecule has 3 aromatic rings. The molecule has 1 fully saturated rings. The van der Waals surface area contributed by atoms with Crippen LogP contribution in [0.3, 0.4) is 0 Å². The van der Waals surface area contributed by atoms with Crippen LogP contribution in [0, 0.1) is 34.5 Å². The first-order chi connectivity index (χ1) is 16.5. The second-order valence-electron chi connectivity index (χ2n) is 8.62. The van der Waals surface area contributed by atoms with E-state index in [1.54, 1.807) is 66.7 Å². The van der Waals surface area contributed by atoms with Crippen LogP contribution in [-0.2, 0) is 4.79 Å². The molecule has 6 nitrogen and oxygen atoms in total. The maximum absolute atomic E-state index is 12.9. The monoisotopic (exact) mass is 451 g/mol. The molecule has 3 aromatic carbocycles. The van der Waals surface area contributed by atoms with Gasteiger partial charge in [-0.2, -0.15) is 10.5 Å². The first kappa shape index (κ1) is 22.9. The summed E-state index contributed by atoms with van der Waals surface area (Å²) in [7, 11) is 0. The van der Waals surface area contributed by atoms with Gasteiger partial charge in [-0.1, -0.05) is 6.92 Å². The van der Waals surface area contributed by atoms with Crippen molar-refractivity contribution in [2.45, 2.75) is 32.6 Å². The quantitative estimate of drug-likeness (QED) is 0.446. The van der Waals surface area contributed by atoms with E-state index in [0.29, 0.717) is 45.7 Å². The molecular formula is C28H25N3O3. The Balaban J connectivity index is 1.57. The number of nitriles is 2. The summed E-state index contributed by atoms with van der Waals surface area (Å²) in [6.07, 6.45) is 3.91. The van der Waals surface area contributed by atoms with E-state index in [1.807, 2.05) is 0 Å². The molecule has 1 N–H and O–H groups in total. The van der Waals surface area contributed by atoms with Crippen LogP contribution >= 0.6 is 0 Å². The standard InChI is InChI=1S/C28H25N3O3/c1-19-2-8-22(9-3-19)28(32)31-23-14-26(33-24-10-4-20(17-29)5-11-24)16-27(15-23)34-25-12-6-21(18-30)7-13-25/h4-7,10-16,19,22H,2-3,8-9H2,1H3,(H,31,32)/t19-,22-. The number of ether oxygens (including phenoxy) is 2. The van der Waals surface area contributed by atoms with Gasteiger partial charge >= 0.3 is 0 Å². The molecule has 0 aromatic heterocycles. The van der Waals surface area contributed by atoms with Gasteiger partial charge in [0.15, 0.2) is 0 Å². The van der Waals surface area contributed by atoms with Gasteiger partial charge in [0.2, 0.25) is 5.91 Å². The summed E-state index contributed by atoms with van der Waals surface area (Å²) in [5, 5.41) is 21.0. The molecule has 170 valence electrons. The molecule has 0 heterocycles. The van der Waals surface area contributed by atoms with Gasteiger partial charge in [0, 0.05) is 29.8 Å². The summed E-state index contributed by atoms with van der Waals surface area (Å²) in [5.74, 6) is 2.78. The molecule has 0 bridgehead atoms. The van der Waals surface area contributed by atoms with Crippen LogP contribution in [0.1, 0.15) is 43.7 Å². The number of hydrogen-bond acceptors (Lipinski definition) is 5. The summed E-state index contributed by atoms with van der Waals surface area (Å²) in [6.45, 7) is 2.23. The predicted molar refractivity (Wildman–Crippen MR) is 129 cm³/mol. The van der Waals surface area contributed by atoms with Gasteiger partial charge in [-0.15, -0.1) is 0 Å². The molecule has 0 spiro atoms. The van der Waals surface area contributed by atoms with Crippen molar-refractivity contribution in [1.82, 2.24) is 0 Å². The Bertz CT molecular complexity index is 1150. The van der Waals surface area contributed by atoms with Gasteiger partial charge in [0.1, 0.15) is 23.0 Å². The van der Waals surface area contributed by atoms with Gasteiger partial charge in [0.25, 0.3) is 0 Å². The highest BCUT2D eigenvalue weighted by molar-refractivity contribution is 5.93. The van der Waals surface area contributed by atoms with Crippen LogP contribution in [0.25, 0.3) is 0 Å². The van der Waals surface area contributed by atoms with E-state index in [4.69, 9.17) is 20.0 Å². The molecule has 1 amide bonds. The highest BCUT2D eigenvalue weighted by atomic mass is 16.5. The maximum Gasteiger partial charge on any atom is 0.227 e. The normalized spacial score (nSPS) is 17.1. The SMILES string of the molecule is C[C@H]1CC[C@H](C(=O)Nc2cc(Oc3ccc(C#N)cc3)cc(Oc3ccc(C#N)cc3)c2)CC1. The molecule has 0 atom stereocenters. The molecule has 0 aliphatic heterocycles. The molecule has 6 heteroatoms. The van der Waals surface area contributed by atoms with E-state index in [9.17, 15) is 4.79 Å². The highest BCUT2D eigenvalue weighted by Crippen LogP contribution is 2.34. The minimum atomic E-state index is 0.00203. The Kier molecular flexibility index (Phi) is 7.10.